The Morgan fingerprint density at radius 1 is 1.05 bits per heavy atom. The minimum absolute atomic E-state index is 0.196. The molecule has 0 radical (unpaired) electrons. The highest BCUT2D eigenvalue weighted by Crippen LogP contribution is 2.25. The standard InChI is InChI=1S/C15H14BrF2N/c1-9-7-12(4-6-14(9)17)19-10(2)13-5-3-11(16)8-15(13)18/h3-8,10,19H,1-2H3. The van der Waals surface area contributed by atoms with Gasteiger partial charge in [-0.15, -0.1) is 0 Å². The largest absolute Gasteiger partial charge is 0.378 e. The molecule has 0 aliphatic heterocycles. The molecule has 0 spiro atoms. The lowest BCUT2D eigenvalue weighted by Gasteiger charge is -2.17. The van der Waals surface area contributed by atoms with Crippen LogP contribution in [0.1, 0.15) is 24.1 Å². The maximum atomic E-state index is 13.8. The topological polar surface area (TPSA) is 12.0 Å². The van der Waals surface area contributed by atoms with Crippen LogP contribution in [0.25, 0.3) is 0 Å². The second kappa shape index (κ2) is 5.70. The SMILES string of the molecule is Cc1cc(NC(C)c2ccc(Br)cc2F)ccc1F. The molecule has 2 rings (SSSR count). The Bertz CT molecular complexity index is 599. The maximum absolute atomic E-state index is 13.8. The van der Waals surface area contributed by atoms with Crippen molar-refractivity contribution in [3.05, 3.63) is 63.6 Å². The van der Waals surface area contributed by atoms with Gasteiger partial charge in [-0.05, 0) is 49.7 Å². The highest BCUT2D eigenvalue weighted by atomic mass is 79.9. The molecule has 0 bridgehead atoms. The van der Waals surface area contributed by atoms with Crippen LogP contribution in [0.3, 0.4) is 0 Å². The van der Waals surface area contributed by atoms with Gasteiger partial charge in [0.25, 0.3) is 0 Å². The second-order valence-corrected chi connectivity index (χ2v) is 5.41. The van der Waals surface area contributed by atoms with Crippen LogP contribution in [0.4, 0.5) is 14.5 Å². The Balaban J connectivity index is 2.20. The lowest BCUT2D eigenvalue weighted by Crippen LogP contribution is -2.08. The molecule has 100 valence electrons. The van der Waals surface area contributed by atoms with Crippen molar-refractivity contribution in [3.8, 4) is 0 Å². The third-order valence-corrected chi connectivity index (χ3v) is 3.46. The van der Waals surface area contributed by atoms with Crippen LogP contribution >= 0.6 is 15.9 Å². The molecule has 0 fully saturated rings. The molecule has 1 unspecified atom stereocenters. The van der Waals surface area contributed by atoms with Crippen LogP contribution < -0.4 is 5.32 Å². The van der Waals surface area contributed by atoms with Crippen LogP contribution in [0, 0.1) is 18.6 Å². The molecule has 0 amide bonds. The van der Waals surface area contributed by atoms with Gasteiger partial charge in [-0.2, -0.15) is 0 Å². The van der Waals surface area contributed by atoms with Crippen molar-refractivity contribution in [2.45, 2.75) is 19.9 Å². The molecule has 1 atom stereocenters. The molecule has 0 aromatic heterocycles. The van der Waals surface area contributed by atoms with Gasteiger partial charge in [-0.25, -0.2) is 8.78 Å². The van der Waals surface area contributed by atoms with Crippen LogP contribution in [0.5, 0.6) is 0 Å². The molecule has 4 heteroatoms. The molecule has 0 saturated carbocycles. The molecule has 2 aromatic carbocycles. The summed E-state index contributed by atoms with van der Waals surface area (Å²) in [6.45, 7) is 3.57. The monoisotopic (exact) mass is 325 g/mol. The fourth-order valence-corrected chi connectivity index (χ4v) is 2.25. The number of hydrogen-bond acceptors (Lipinski definition) is 1. The van der Waals surface area contributed by atoms with Crippen molar-refractivity contribution in [2.75, 3.05) is 5.32 Å². The summed E-state index contributed by atoms with van der Waals surface area (Å²) in [5.74, 6) is -0.513. The first-order chi connectivity index (χ1) is 8.97. The van der Waals surface area contributed by atoms with E-state index in [2.05, 4.69) is 21.2 Å². The van der Waals surface area contributed by atoms with Gasteiger partial charge in [0.05, 0.1) is 6.04 Å². The van der Waals surface area contributed by atoms with E-state index in [9.17, 15) is 8.78 Å². The molecule has 0 aliphatic rings. The number of benzene rings is 2. The molecule has 19 heavy (non-hydrogen) atoms. The summed E-state index contributed by atoms with van der Waals surface area (Å²) in [6.07, 6.45) is 0. The lowest BCUT2D eigenvalue weighted by molar-refractivity contribution is 0.599. The minimum Gasteiger partial charge on any atom is -0.378 e. The van der Waals surface area contributed by atoms with Crippen molar-refractivity contribution in [3.63, 3.8) is 0 Å². The third-order valence-electron chi connectivity index (χ3n) is 2.97. The van der Waals surface area contributed by atoms with Crippen molar-refractivity contribution >= 4 is 21.6 Å². The fraction of sp³-hybridized carbons (Fsp3) is 0.200. The summed E-state index contributed by atoms with van der Waals surface area (Å²) < 4.78 is 27.7. The molecule has 0 heterocycles. The second-order valence-electron chi connectivity index (χ2n) is 4.50. The summed E-state index contributed by atoms with van der Waals surface area (Å²) in [5, 5.41) is 3.16. The summed E-state index contributed by atoms with van der Waals surface area (Å²) in [7, 11) is 0. The van der Waals surface area contributed by atoms with E-state index in [0.29, 0.717) is 15.6 Å². The van der Waals surface area contributed by atoms with E-state index in [1.165, 1.54) is 12.1 Å². The van der Waals surface area contributed by atoms with Gasteiger partial charge < -0.3 is 5.32 Å². The summed E-state index contributed by atoms with van der Waals surface area (Å²) in [4.78, 5) is 0. The summed E-state index contributed by atoms with van der Waals surface area (Å²) in [6, 6.07) is 9.53. The Morgan fingerprint density at radius 3 is 2.42 bits per heavy atom. The van der Waals surface area contributed by atoms with E-state index >= 15 is 0 Å². The van der Waals surface area contributed by atoms with Gasteiger partial charge in [0.2, 0.25) is 0 Å². The zero-order chi connectivity index (χ0) is 14.0. The van der Waals surface area contributed by atoms with Gasteiger partial charge in [0, 0.05) is 15.7 Å². The van der Waals surface area contributed by atoms with Crippen LogP contribution in [0.2, 0.25) is 0 Å². The first kappa shape index (κ1) is 14.0. The molecular formula is C15H14BrF2N. The van der Waals surface area contributed by atoms with Gasteiger partial charge in [-0.1, -0.05) is 22.0 Å². The quantitative estimate of drug-likeness (QED) is 0.816. The molecule has 0 saturated heterocycles. The summed E-state index contributed by atoms with van der Waals surface area (Å²) >= 11 is 3.23. The number of halogens is 3. The highest BCUT2D eigenvalue weighted by molar-refractivity contribution is 9.10. The van der Waals surface area contributed by atoms with Crippen molar-refractivity contribution in [2.24, 2.45) is 0 Å². The molecule has 1 nitrogen and oxygen atoms in total. The van der Waals surface area contributed by atoms with Crippen molar-refractivity contribution < 1.29 is 8.78 Å². The Hall–Kier alpha value is -1.42. The Labute approximate surface area is 119 Å². The van der Waals surface area contributed by atoms with E-state index in [-0.39, 0.29) is 17.7 Å². The number of rotatable bonds is 3. The Morgan fingerprint density at radius 2 is 1.79 bits per heavy atom. The van der Waals surface area contributed by atoms with Gasteiger partial charge >= 0.3 is 0 Å². The molecule has 2 aromatic rings. The van der Waals surface area contributed by atoms with E-state index < -0.39 is 0 Å². The number of aryl methyl sites for hydroxylation is 1. The van der Waals surface area contributed by atoms with Gasteiger partial charge in [-0.3, -0.25) is 0 Å². The van der Waals surface area contributed by atoms with Crippen LogP contribution in [-0.2, 0) is 0 Å². The molecular weight excluding hydrogens is 312 g/mol. The molecule has 0 aliphatic carbocycles. The van der Waals surface area contributed by atoms with Crippen LogP contribution in [0.15, 0.2) is 40.9 Å². The number of nitrogens with one attached hydrogen (secondary N) is 1. The Kier molecular flexibility index (Phi) is 4.20. The predicted molar refractivity (Wildman–Crippen MR) is 77.3 cm³/mol. The minimum atomic E-state index is -0.270. The number of anilines is 1. The zero-order valence-corrected chi connectivity index (χ0v) is 12.3. The van der Waals surface area contributed by atoms with Gasteiger partial charge in [0.1, 0.15) is 11.6 Å². The lowest BCUT2D eigenvalue weighted by atomic mass is 10.1. The first-order valence-electron chi connectivity index (χ1n) is 5.95. The van der Waals surface area contributed by atoms with E-state index in [1.54, 1.807) is 31.2 Å². The van der Waals surface area contributed by atoms with E-state index in [0.717, 1.165) is 5.69 Å². The fourth-order valence-electron chi connectivity index (χ4n) is 1.91. The maximum Gasteiger partial charge on any atom is 0.129 e. The summed E-state index contributed by atoms with van der Waals surface area (Å²) in [5.41, 5.74) is 1.91. The van der Waals surface area contributed by atoms with E-state index in [4.69, 9.17) is 0 Å². The number of hydrogen-bond donors (Lipinski definition) is 1. The predicted octanol–water partition coefficient (Wildman–Crippen LogP) is 5.21. The molecule has 1 N–H and O–H groups in total. The average Bonchev–Trinajstić information content (AvgIpc) is 2.33. The van der Waals surface area contributed by atoms with Crippen molar-refractivity contribution in [1.82, 2.24) is 0 Å². The first-order valence-corrected chi connectivity index (χ1v) is 6.74. The highest BCUT2D eigenvalue weighted by Gasteiger charge is 2.11. The van der Waals surface area contributed by atoms with E-state index in [1.807, 2.05) is 6.92 Å². The van der Waals surface area contributed by atoms with Crippen molar-refractivity contribution in [1.29, 1.82) is 0 Å². The third kappa shape index (κ3) is 3.32. The zero-order valence-electron chi connectivity index (χ0n) is 10.7. The normalized spacial score (nSPS) is 12.3. The smallest absolute Gasteiger partial charge is 0.129 e. The van der Waals surface area contributed by atoms with Crippen LogP contribution in [-0.4, -0.2) is 0 Å². The van der Waals surface area contributed by atoms with Gasteiger partial charge in [0.15, 0.2) is 0 Å². The average molecular weight is 326 g/mol.